The molecule has 0 aliphatic carbocycles. The number of rotatable bonds is 3. The Morgan fingerprint density at radius 3 is 2.29 bits per heavy atom. The first kappa shape index (κ1) is 10.9. The predicted octanol–water partition coefficient (Wildman–Crippen LogP) is 2.29. The van der Waals surface area contributed by atoms with E-state index in [4.69, 9.17) is 0 Å². The second-order valence-electron chi connectivity index (χ2n) is 4.03. The van der Waals surface area contributed by atoms with Gasteiger partial charge >= 0.3 is 0 Å². The van der Waals surface area contributed by atoms with Gasteiger partial charge in [0.25, 0.3) is 0 Å². The van der Waals surface area contributed by atoms with Gasteiger partial charge in [-0.15, -0.1) is 0 Å². The Morgan fingerprint density at radius 1 is 1.21 bits per heavy atom. The predicted molar refractivity (Wildman–Crippen MR) is 63.4 cm³/mol. The number of carbonyl (C=O) groups excluding carboxylic acids is 1. The summed E-state index contributed by atoms with van der Waals surface area (Å²) >= 11 is 0. The molecule has 0 saturated carbocycles. The fraction of sp³-hybridized carbons (Fsp3) is 0.250. The van der Waals surface area contributed by atoms with Gasteiger partial charge in [0.05, 0.1) is 0 Å². The van der Waals surface area contributed by atoms with Gasteiger partial charge < -0.3 is 0 Å². The van der Waals surface area contributed by atoms with Gasteiger partial charge in [-0.3, -0.25) is 4.79 Å². The average molecular weight is 204 g/mol. The van der Waals surface area contributed by atoms with E-state index in [2.05, 4.69) is 30.9 Å². The molecule has 0 fully saturated rings. The third-order valence-corrected chi connectivity index (χ3v) is 5.07. The van der Waals surface area contributed by atoms with E-state index in [1.807, 2.05) is 18.2 Å². The van der Waals surface area contributed by atoms with Crippen molar-refractivity contribution in [1.29, 1.82) is 0 Å². The van der Waals surface area contributed by atoms with Gasteiger partial charge in [-0.1, -0.05) is 54.3 Å². The van der Waals surface area contributed by atoms with E-state index in [1.165, 1.54) is 5.19 Å². The summed E-state index contributed by atoms with van der Waals surface area (Å²) in [6, 6.07) is 10.4. The van der Waals surface area contributed by atoms with Gasteiger partial charge in [-0.25, -0.2) is 0 Å². The number of hydrogen-bond acceptors (Lipinski definition) is 1. The number of benzene rings is 1. The standard InChI is InChI=1S/C12H16OSi/c1-11(13)9-10-14(2,3)12-7-5-4-6-8-12/h4-10H,1-3H3/b10-9+. The average Bonchev–Trinajstić information content (AvgIpc) is 2.16. The lowest BCUT2D eigenvalue weighted by molar-refractivity contribution is -0.112. The molecule has 2 heteroatoms. The zero-order chi connectivity index (χ0) is 10.6. The Balaban J connectivity index is 2.91. The Hall–Kier alpha value is -1.15. The Morgan fingerprint density at radius 2 is 1.79 bits per heavy atom. The molecule has 0 aliphatic heterocycles. The van der Waals surface area contributed by atoms with Crippen LogP contribution >= 0.6 is 0 Å². The highest BCUT2D eigenvalue weighted by atomic mass is 28.3. The van der Waals surface area contributed by atoms with Gasteiger partial charge in [0, 0.05) is 0 Å². The van der Waals surface area contributed by atoms with Crippen LogP contribution in [0, 0.1) is 0 Å². The molecule has 74 valence electrons. The van der Waals surface area contributed by atoms with Crippen molar-refractivity contribution < 1.29 is 4.79 Å². The van der Waals surface area contributed by atoms with Crippen molar-refractivity contribution in [3.63, 3.8) is 0 Å². The summed E-state index contributed by atoms with van der Waals surface area (Å²) in [6.45, 7) is 6.06. The first-order valence-electron chi connectivity index (χ1n) is 4.78. The molecule has 0 spiro atoms. The molecule has 0 heterocycles. The fourth-order valence-electron chi connectivity index (χ4n) is 1.29. The Labute approximate surface area is 86.5 Å². The molecular weight excluding hydrogens is 188 g/mol. The van der Waals surface area contributed by atoms with Crippen molar-refractivity contribution in [2.45, 2.75) is 20.0 Å². The van der Waals surface area contributed by atoms with Gasteiger partial charge in [0.2, 0.25) is 0 Å². The van der Waals surface area contributed by atoms with Crippen LogP contribution in [0.4, 0.5) is 0 Å². The van der Waals surface area contributed by atoms with E-state index >= 15 is 0 Å². The van der Waals surface area contributed by atoms with Crippen LogP contribution in [0.5, 0.6) is 0 Å². The molecule has 0 radical (unpaired) electrons. The van der Waals surface area contributed by atoms with Crippen molar-refractivity contribution in [2.24, 2.45) is 0 Å². The SMILES string of the molecule is CC(=O)/C=C/[Si](C)(C)c1ccccc1. The van der Waals surface area contributed by atoms with Gasteiger partial charge in [0.15, 0.2) is 5.78 Å². The Kier molecular flexibility index (Phi) is 3.41. The highest BCUT2D eigenvalue weighted by Crippen LogP contribution is 2.04. The van der Waals surface area contributed by atoms with Crippen LogP contribution in [0.3, 0.4) is 0 Å². The van der Waals surface area contributed by atoms with Crippen LogP contribution in [0.15, 0.2) is 42.1 Å². The van der Waals surface area contributed by atoms with Crippen molar-refractivity contribution in [1.82, 2.24) is 0 Å². The molecule has 0 saturated heterocycles. The van der Waals surface area contributed by atoms with E-state index in [9.17, 15) is 4.79 Å². The minimum Gasteiger partial charge on any atom is -0.295 e. The molecule has 0 aliphatic rings. The van der Waals surface area contributed by atoms with Crippen LogP contribution in [0.25, 0.3) is 0 Å². The summed E-state index contributed by atoms with van der Waals surface area (Å²) in [4.78, 5) is 10.9. The summed E-state index contributed by atoms with van der Waals surface area (Å²) in [5, 5.41) is 1.36. The third kappa shape index (κ3) is 2.96. The van der Waals surface area contributed by atoms with Crippen LogP contribution in [0.1, 0.15) is 6.92 Å². The number of hydrogen-bond donors (Lipinski definition) is 0. The quantitative estimate of drug-likeness (QED) is 0.545. The molecule has 0 amide bonds. The highest BCUT2D eigenvalue weighted by molar-refractivity contribution is 6.94. The lowest BCUT2D eigenvalue weighted by Gasteiger charge is -2.17. The summed E-state index contributed by atoms with van der Waals surface area (Å²) in [6.07, 6.45) is 1.69. The molecule has 1 nitrogen and oxygen atoms in total. The van der Waals surface area contributed by atoms with Crippen molar-refractivity contribution >= 4 is 19.0 Å². The van der Waals surface area contributed by atoms with Crippen LogP contribution < -0.4 is 5.19 Å². The number of allylic oxidation sites excluding steroid dienone is 1. The van der Waals surface area contributed by atoms with E-state index < -0.39 is 8.07 Å². The van der Waals surface area contributed by atoms with Crippen molar-refractivity contribution in [2.75, 3.05) is 0 Å². The molecule has 0 aromatic heterocycles. The third-order valence-electron chi connectivity index (χ3n) is 2.25. The Bertz CT molecular complexity index is 339. The maximum Gasteiger partial charge on any atom is 0.151 e. The van der Waals surface area contributed by atoms with Crippen LogP contribution in [0.2, 0.25) is 13.1 Å². The largest absolute Gasteiger partial charge is 0.295 e. The first-order chi connectivity index (χ1) is 6.52. The lowest BCUT2D eigenvalue weighted by atomic mass is 10.4. The molecule has 1 aromatic carbocycles. The topological polar surface area (TPSA) is 17.1 Å². The smallest absolute Gasteiger partial charge is 0.151 e. The molecule has 0 N–H and O–H groups in total. The highest BCUT2D eigenvalue weighted by Gasteiger charge is 2.18. The molecule has 1 rings (SSSR count). The van der Waals surface area contributed by atoms with E-state index in [-0.39, 0.29) is 5.78 Å². The molecular formula is C12H16OSi. The zero-order valence-corrected chi connectivity index (χ0v) is 9.95. The minimum atomic E-state index is -1.54. The van der Waals surface area contributed by atoms with Gasteiger partial charge in [-0.2, -0.15) is 0 Å². The van der Waals surface area contributed by atoms with Crippen LogP contribution in [-0.4, -0.2) is 13.9 Å². The molecule has 14 heavy (non-hydrogen) atoms. The minimum absolute atomic E-state index is 0.126. The monoisotopic (exact) mass is 204 g/mol. The normalized spacial score (nSPS) is 11.9. The molecule has 0 bridgehead atoms. The van der Waals surface area contributed by atoms with Crippen molar-refractivity contribution in [3.05, 3.63) is 42.1 Å². The fourth-order valence-corrected chi connectivity index (χ4v) is 3.19. The first-order valence-corrected chi connectivity index (χ1v) is 7.85. The number of carbonyl (C=O) groups is 1. The second-order valence-corrected chi connectivity index (χ2v) is 8.39. The lowest BCUT2D eigenvalue weighted by Crippen LogP contribution is -2.39. The molecule has 0 unspecified atom stereocenters. The number of ketones is 1. The maximum absolute atomic E-state index is 10.9. The summed E-state index contributed by atoms with van der Waals surface area (Å²) in [5.74, 6) is 0.126. The van der Waals surface area contributed by atoms with Crippen molar-refractivity contribution in [3.8, 4) is 0 Å². The van der Waals surface area contributed by atoms with E-state index in [0.29, 0.717) is 0 Å². The second kappa shape index (κ2) is 4.38. The van der Waals surface area contributed by atoms with Gasteiger partial charge in [-0.05, 0) is 13.0 Å². The van der Waals surface area contributed by atoms with Crippen LogP contribution in [-0.2, 0) is 4.79 Å². The van der Waals surface area contributed by atoms with Gasteiger partial charge in [0.1, 0.15) is 8.07 Å². The van der Waals surface area contributed by atoms with E-state index in [1.54, 1.807) is 13.0 Å². The van der Waals surface area contributed by atoms with E-state index in [0.717, 1.165) is 0 Å². The maximum atomic E-state index is 10.9. The summed E-state index contributed by atoms with van der Waals surface area (Å²) in [7, 11) is -1.54. The summed E-state index contributed by atoms with van der Waals surface area (Å²) < 4.78 is 0. The summed E-state index contributed by atoms with van der Waals surface area (Å²) in [5.41, 5.74) is 2.09. The molecule has 1 aromatic rings. The zero-order valence-electron chi connectivity index (χ0n) is 8.95. The molecule has 0 atom stereocenters.